The Bertz CT molecular complexity index is 315. The van der Waals surface area contributed by atoms with E-state index >= 15 is 0 Å². The summed E-state index contributed by atoms with van der Waals surface area (Å²) in [6.07, 6.45) is 6.70. The number of aromatic nitrogens is 1. The molecule has 0 aliphatic heterocycles. The van der Waals surface area contributed by atoms with E-state index in [1.165, 1.54) is 24.8 Å². The molecule has 3 heteroatoms. The van der Waals surface area contributed by atoms with Gasteiger partial charge in [-0.2, -0.15) is 0 Å². The zero-order valence-electron chi connectivity index (χ0n) is 11.2. The minimum Gasteiger partial charge on any atom is -0.481 e. The lowest BCUT2D eigenvalue weighted by Crippen LogP contribution is -2.21. The summed E-state index contributed by atoms with van der Waals surface area (Å²) in [4.78, 5) is 4.27. The first-order valence-corrected chi connectivity index (χ1v) is 6.55. The number of methoxy groups -OCH3 is 1. The maximum Gasteiger partial charge on any atom is 0.217 e. The van der Waals surface area contributed by atoms with Crippen molar-refractivity contribution < 1.29 is 4.74 Å². The van der Waals surface area contributed by atoms with Gasteiger partial charge in [-0.15, -0.1) is 0 Å². The number of rotatable bonds is 8. The highest BCUT2D eigenvalue weighted by atomic mass is 16.5. The van der Waals surface area contributed by atoms with Crippen LogP contribution in [0.2, 0.25) is 0 Å². The van der Waals surface area contributed by atoms with Gasteiger partial charge in [-0.25, -0.2) is 4.98 Å². The highest BCUT2D eigenvalue weighted by Crippen LogP contribution is 2.26. The predicted molar refractivity (Wildman–Crippen MR) is 71.3 cm³/mol. The molecule has 0 spiro atoms. The van der Waals surface area contributed by atoms with Gasteiger partial charge in [0.15, 0.2) is 0 Å². The van der Waals surface area contributed by atoms with E-state index in [1.807, 2.05) is 6.07 Å². The molecule has 0 saturated heterocycles. The maximum atomic E-state index is 5.33. The van der Waals surface area contributed by atoms with Crippen LogP contribution in [0.4, 0.5) is 0 Å². The molecule has 0 aromatic carbocycles. The van der Waals surface area contributed by atoms with E-state index in [-0.39, 0.29) is 0 Å². The van der Waals surface area contributed by atoms with Gasteiger partial charge >= 0.3 is 0 Å². The molecule has 1 unspecified atom stereocenters. The number of unbranched alkanes of at least 4 members (excludes halogenated alkanes) is 2. The van der Waals surface area contributed by atoms with Gasteiger partial charge in [-0.05, 0) is 19.0 Å². The second-order valence-electron chi connectivity index (χ2n) is 4.21. The number of nitrogens with one attached hydrogen (secondary N) is 1. The molecule has 1 aromatic heterocycles. The minimum absolute atomic E-state index is 0.357. The number of pyridine rings is 1. The molecule has 0 radical (unpaired) electrons. The molecule has 0 saturated carbocycles. The van der Waals surface area contributed by atoms with Gasteiger partial charge in [0.05, 0.1) is 7.11 Å². The van der Waals surface area contributed by atoms with Crippen molar-refractivity contribution in [2.45, 2.75) is 45.6 Å². The molecule has 1 N–H and O–H groups in total. The Morgan fingerprint density at radius 2 is 2.18 bits per heavy atom. The van der Waals surface area contributed by atoms with Crippen molar-refractivity contribution in [1.29, 1.82) is 0 Å². The lowest BCUT2D eigenvalue weighted by Gasteiger charge is -2.19. The van der Waals surface area contributed by atoms with Crippen molar-refractivity contribution in [1.82, 2.24) is 10.3 Å². The highest BCUT2D eigenvalue weighted by molar-refractivity contribution is 5.28. The number of hydrogen-bond donors (Lipinski definition) is 1. The van der Waals surface area contributed by atoms with Crippen molar-refractivity contribution in [3.05, 3.63) is 23.9 Å². The second kappa shape index (κ2) is 8.07. The quantitative estimate of drug-likeness (QED) is 0.703. The Balaban J connectivity index is 2.73. The molecule has 0 bridgehead atoms. The summed E-state index contributed by atoms with van der Waals surface area (Å²) in [5.41, 5.74) is 1.17. The third-order valence-corrected chi connectivity index (χ3v) is 2.92. The molecule has 0 aliphatic rings. The summed E-state index contributed by atoms with van der Waals surface area (Å²) in [6.45, 7) is 5.33. The Kier molecular flexibility index (Phi) is 6.63. The molecule has 17 heavy (non-hydrogen) atoms. The minimum atomic E-state index is 0.357. The molecular weight excluding hydrogens is 212 g/mol. The van der Waals surface area contributed by atoms with Crippen LogP contribution >= 0.6 is 0 Å². The molecule has 1 rings (SSSR count). The van der Waals surface area contributed by atoms with Crippen LogP contribution in [0.5, 0.6) is 5.88 Å². The first kappa shape index (κ1) is 14.0. The lowest BCUT2D eigenvalue weighted by atomic mass is 10.0. The average Bonchev–Trinajstić information content (AvgIpc) is 2.38. The van der Waals surface area contributed by atoms with Crippen LogP contribution in [-0.4, -0.2) is 18.6 Å². The topological polar surface area (TPSA) is 34.2 Å². The number of ether oxygens (including phenoxy) is 1. The summed E-state index contributed by atoms with van der Waals surface area (Å²) in [5.74, 6) is 0.745. The van der Waals surface area contributed by atoms with Gasteiger partial charge in [0.1, 0.15) is 0 Å². The standard InChI is InChI=1S/C14H24N2O/c1-4-6-7-10-13(15-5-2)12-9-8-11-16-14(12)17-3/h8-9,11,13,15H,4-7,10H2,1-3H3. The third-order valence-electron chi connectivity index (χ3n) is 2.92. The van der Waals surface area contributed by atoms with Crippen molar-refractivity contribution >= 4 is 0 Å². The fourth-order valence-electron chi connectivity index (χ4n) is 2.05. The van der Waals surface area contributed by atoms with Gasteiger partial charge < -0.3 is 10.1 Å². The lowest BCUT2D eigenvalue weighted by molar-refractivity contribution is 0.378. The smallest absolute Gasteiger partial charge is 0.217 e. The van der Waals surface area contributed by atoms with E-state index in [0.717, 1.165) is 18.8 Å². The zero-order valence-corrected chi connectivity index (χ0v) is 11.2. The predicted octanol–water partition coefficient (Wildman–Crippen LogP) is 3.32. The largest absolute Gasteiger partial charge is 0.481 e. The van der Waals surface area contributed by atoms with Crippen LogP contribution in [0.25, 0.3) is 0 Å². The third kappa shape index (κ3) is 4.35. The van der Waals surface area contributed by atoms with E-state index in [4.69, 9.17) is 4.74 Å². The van der Waals surface area contributed by atoms with Gasteiger partial charge in [-0.1, -0.05) is 39.2 Å². The molecule has 1 atom stereocenters. The van der Waals surface area contributed by atoms with Crippen LogP contribution in [0, 0.1) is 0 Å². The van der Waals surface area contributed by atoms with Crippen molar-refractivity contribution in [2.75, 3.05) is 13.7 Å². The fraction of sp³-hybridized carbons (Fsp3) is 0.643. The van der Waals surface area contributed by atoms with Gasteiger partial charge in [-0.3, -0.25) is 0 Å². The summed E-state index contributed by atoms with van der Waals surface area (Å²) < 4.78 is 5.33. The summed E-state index contributed by atoms with van der Waals surface area (Å²) >= 11 is 0. The average molecular weight is 236 g/mol. The number of nitrogens with zero attached hydrogens (tertiary/aromatic N) is 1. The van der Waals surface area contributed by atoms with E-state index < -0.39 is 0 Å². The van der Waals surface area contributed by atoms with Gasteiger partial charge in [0.2, 0.25) is 5.88 Å². The number of hydrogen-bond acceptors (Lipinski definition) is 3. The molecule has 0 fully saturated rings. The Hall–Kier alpha value is -1.09. The van der Waals surface area contributed by atoms with Crippen LogP contribution in [0.3, 0.4) is 0 Å². The zero-order chi connectivity index (χ0) is 12.5. The van der Waals surface area contributed by atoms with E-state index in [2.05, 4.69) is 30.2 Å². The SMILES string of the molecule is CCCCCC(NCC)c1cccnc1OC. The van der Waals surface area contributed by atoms with Gasteiger partial charge in [0.25, 0.3) is 0 Å². The Morgan fingerprint density at radius 3 is 2.82 bits per heavy atom. The monoisotopic (exact) mass is 236 g/mol. The molecule has 3 nitrogen and oxygen atoms in total. The van der Waals surface area contributed by atoms with Crippen LogP contribution in [-0.2, 0) is 0 Å². The summed E-state index contributed by atoms with van der Waals surface area (Å²) in [7, 11) is 1.68. The summed E-state index contributed by atoms with van der Waals surface area (Å²) in [5, 5.41) is 3.51. The van der Waals surface area contributed by atoms with Crippen LogP contribution in [0.15, 0.2) is 18.3 Å². The van der Waals surface area contributed by atoms with Crippen molar-refractivity contribution in [3.63, 3.8) is 0 Å². The molecule has 0 amide bonds. The molecular formula is C14H24N2O. The van der Waals surface area contributed by atoms with Gasteiger partial charge in [0, 0.05) is 17.8 Å². The molecule has 0 aliphatic carbocycles. The first-order valence-electron chi connectivity index (χ1n) is 6.55. The Morgan fingerprint density at radius 1 is 1.35 bits per heavy atom. The maximum absolute atomic E-state index is 5.33. The Labute approximate surface area is 105 Å². The first-order chi connectivity index (χ1) is 8.33. The molecule has 1 aromatic rings. The van der Waals surface area contributed by atoms with Crippen LogP contribution < -0.4 is 10.1 Å². The normalized spacial score (nSPS) is 12.4. The van der Waals surface area contributed by atoms with Crippen molar-refractivity contribution in [2.24, 2.45) is 0 Å². The van der Waals surface area contributed by atoms with E-state index in [1.54, 1.807) is 13.3 Å². The molecule has 1 heterocycles. The van der Waals surface area contributed by atoms with E-state index in [0.29, 0.717) is 6.04 Å². The van der Waals surface area contributed by atoms with Crippen LogP contribution in [0.1, 0.15) is 51.1 Å². The second-order valence-corrected chi connectivity index (χ2v) is 4.21. The highest BCUT2D eigenvalue weighted by Gasteiger charge is 2.15. The molecule has 96 valence electrons. The summed E-state index contributed by atoms with van der Waals surface area (Å²) in [6, 6.07) is 4.43. The van der Waals surface area contributed by atoms with E-state index in [9.17, 15) is 0 Å². The van der Waals surface area contributed by atoms with Crippen molar-refractivity contribution in [3.8, 4) is 5.88 Å². The fourth-order valence-corrected chi connectivity index (χ4v) is 2.05.